The van der Waals surface area contributed by atoms with Gasteiger partial charge >= 0.3 is 5.97 Å². The zero-order chi connectivity index (χ0) is 11.5. The van der Waals surface area contributed by atoms with Crippen molar-refractivity contribution in [2.75, 3.05) is 5.75 Å². The summed E-state index contributed by atoms with van der Waals surface area (Å²) in [5.41, 5.74) is 1.23. The number of carbonyl (C=O) groups is 1. The van der Waals surface area contributed by atoms with Gasteiger partial charge in [-0.15, -0.1) is 11.8 Å². The maximum absolute atomic E-state index is 11.0. The van der Waals surface area contributed by atoms with Gasteiger partial charge in [0.15, 0.2) is 0 Å². The Morgan fingerprint density at radius 1 is 1.50 bits per heavy atom. The molecule has 0 radical (unpaired) electrons. The Morgan fingerprint density at radius 3 is 3.00 bits per heavy atom. The van der Waals surface area contributed by atoms with Crippen LogP contribution < -0.4 is 0 Å². The summed E-state index contributed by atoms with van der Waals surface area (Å²) in [4.78, 5) is 15.1. The van der Waals surface area contributed by atoms with Gasteiger partial charge < -0.3 is 10.1 Å². The standard InChI is InChI=1S/C12H13NO2S/c1-2-5-16-11-7-8(12(14)15)6-10-9(11)3-4-13-10/h3-4,6-7,13H,2,5H2,1H3,(H,14,15). The molecule has 84 valence electrons. The molecule has 4 heteroatoms. The summed E-state index contributed by atoms with van der Waals surface area (Å²) in [5.74, 6) is 0.124. The lowest BCUT2D eigenvalue weighted by molar-refractivity contribution is 0.0697. The molecule has 0 aliphatic rings. The van der Waals surface area contributed by atoms with Crippen molar-refractivity contribution >= 4 is 28.6 Å². The lowest BCUT2D eigenvalue weighted by atomic mass is 10.1. The van der Waals surface area contributed by atoms with Crippen LogP contribution in [0.5, 0.6) is 0 Å². The van der Waals surface area contributed by atoms with Crippen LogP contribution in [-0.4, -0.2) is 21.8 Å². The average Bonchev–Trinajstić information content (AvgIpc) is 2.73. The fourth-order valence-electron chi connectivity index (χ4n) is 1.59. The summed E-state index contributed by atoms with van der Waals surface area (Å²) < 4.78 is 0. The summed E-state index contributed by atoms with van der Waals surface area (Å²) in [6, 6.07) is 5.41. The Morgan fingerprint density at radius 2 is 2.31 bits per heavy atom. The number of aromatic carboxylic acids is 1. The van der Waals surface area contributed by atoms with Crippen LogP contribution in [0, 0.1) is 0 Å². The number of carboxylic acid groups (broad SMARTS) is 1. The van der Waals surface area contributed by atoms with Crippen molar-refractivity contribution in [2.24, 2.45) is 0 Å². The van der Waals surface area contributed by atoms with Gasteiger partial charge in [0.05, 0.1) is 5.56 Å². The SMILES string of the molecule is CCCSc1cc(C(=O)O)cc2[nH]ccc12. The first-order valence-electron chi connectivity index (χ1n) is 5.19. The zero-order valence-corrected chi connectivity index (χ0v) is 9.80. The van der Waals surface area contributed by atoms with E-state index in [9.17, 15) is 4.79 Å². The molecule has 0 saturated heterocycles. The number of carboxylic acids is 1. The Labute approximate surface area is 97.9 Å². The molecule has 3 nitrogen and oxygen atoms in total. The summed E-state index contributed by atoms with van der Waals surface area (Å²) in [6.45, 7) is 2.11. The van der Waals surface area contributed by atoms with Gasteiger partial charge in [-0.05, 0) is 30.4 Å². The number of nitrogens with one attached hydrogen (secondary N) is 1. The first-order chi connectivity index (χ1) is 7.72. The van der Waals surface area contributed by atoms with E-state index in [-0.39, 0.29) is 0 Å². The normalized spacial score (nSPS) is 10.8. The van der Waals surface area contributed by atoms with Crippen molar-refractivity contribution in [3.8, 4) is 0 Å². The molecule has 0 bridgehead atoms. The summed E-state index contributed by atoms with van der Waals surface area (Å²) in [5, 5.41) is 10.1. The first kappa shape index (κ1) is 11.1. The maximum atomic E-state index is 11.0. The highest BCUT2D eigenvalue weighted by molar-refractivity contribution is 7.99. The molecule has 0 aliphatic heterocycles. The highest BCUT2D eigenvalue weighted by Crippen LogP contribution is 2.29. The maximum Gasteiger partial charge on any atom is 0.335 e. The highest BCUT2D eigenvalue weighted by atomic mass is 32.2. The molecule has 16 heavy (non-hydrogen) atoms. The number of thioether (sulfide) groups is 1. The second-order valence-electron chi connectivity index (χ2n) is 3.57. The largest absolute Gasteiger partial charge is 0.478 e. The van der Waals surface area contributed by atoms with Gasteiger partial charge in [0.1, 0.15) is 0 Å². The lowest BCUT2D eigenvalue weighted by Gasteiger charge is -2.04. The highest BCUT2D eigenvalue weighted by Gasteiger charge is 2.09. The van der Waals surface area contributed by atoms with Gasteiger partial charge in [0.2, 0.25) is 0 Å². The minimum Gasteiger partial charge on any atom is -0.478 e. The number of hydrogen-bond donors (Lipinski definition) is 2. The van der Waals surface area contributed by atoms with Crippen LogP contribution in [0.25, 0.3) is 10.9 Å². The molecule has 2 N–H and O–H groups in total. The molecule has 2 rings (SSSR count). The minimum atomic E-state index is -0.880. The van der Waals surface area contributed by atoms with Crippen LogP contribution in [0.1, 0.15) is 23.7 Å². The van der Waals surface area contributed by atoms with Gasteiger partial charge in [-0.3, -0.25) is 0 Å². The topological polar surface area (TPSA) is 53.1 Å². The van der Waals surface area contributed by atoms with Crippen LogP contribution in [0.2, 0.25) is 0 Å². The van der Waals surface area contributed by atoms with Crippen molar-refractivity contribution in [1.29, 1.82) is 0 Å². The number of aromatic nitrogens is 1. The smallest absolute Gasteiger partial charge is 0.335 e. The molecule has 0 saturated carbocycles. The first-order valence-corrected chi connectivity index (χ1v) is 6.18. The Hall–Kier alpha value is -1.42. The number of H-pyrrole nitrogens is 1. The van der Waals surface area contributed by atoms with Crippen molar-refractivity contribution in [2.45, 2.75) is 18.2 Å². The molecule has 2 aromatic rings. The van der Waals surface area contributed by atoms with Crippen LogP contribution in [0.3, 0.4) is 0 Å². The van der Waals surface area contributed by atoms with E-state index in [1.54, 1.807) is 23.9 Å². The van der Waals surface area contributed by atoms with Crippen LogP contribution in [0.15, 0.2) is 29.3 Å². The fraction of sp³-hybridized carbons (Fsp3) is 0.250. The van der Waals surface area contributed by atoms with E-state index in [2.05, 4.69) is 11.9 Å². The van der Waals surface area contributed by atoms with Gasteiger partial charge in [0, 0.05) is 22.0 Å². The van der Waals surface area contributed by atoms with Gasteiger partial charge in [0.25, 0.3) is 0 Å². The third-order valence-corrected chi connectivity index (χ3v) is 3.60. The molecule has 1 heterocycles. The van der Waals surface area contributed by atoms with E-state index >= 15 is 0 Å². The molecule has 0 spiro atoms. The van der Waals surface area contributed by atoms with E-state index in [1.807, 2.05) is 12.3 Å². The van der Waals surface area contributed by atoms with E-state index in [4.69, 9.17) is 5.11 Å². The second-order valence-corrected chi connectivity index (χ2v) is 4.70. The van der Waals surface area contributed by atoms with Crippen LogP contribution >= 0.6 is 11.8 Å². The molecule has 1 aromatic carbocycles. The lowest BCUT2D eigenvalue weighted by Crippen LogP contribution is -1.96. The van der Waals surface area contributed by atoms with Gasteiger partial charge in [-0.2, -0.15) is 0 Å². The van der Waals surface area contributed by atoms with Crippen molar-refractivity contribution in [1.82, 2.24) is 4.98 Å². The van der Waals surface area contributed by atoms with Crippen molar-refractivity contribution in [3.63, 3.8) is 0 Å². The quantitative estimate of drug-likeness (QED) is 0.799. The van der Waals surface area contributed by atoms with Crippen molar-refractivity contribution < 1.29 is 9.90 Å². The monoisotopic (exact) mass is 235 g/mol. The van der Waals surface area contributed by atoms with Crippen LogP contribution in [0.4, 0.5) is 0 Å². The summed E-state index contributed by atoms with van der Waals surface area (Å²) in [6.07, 6.45) is 2.92. The number of benzene rings is 1. The van der Waals surface area contributed by atoms with Gasteiger partial charge in [-0.25, -0.2) is 4.79 Å². The Kier molecular flexibility index (Phi) is 3.19. The molecule has 0 unspecified atom stereocenters. The molecule has 0 amide bonds. The Balaban J connectivity index is 2.50. The van der Waals surface area contributed by atoms with E-state index in [0.717, 1.165) is 28.0 Å². The Bertz CT molecular complexity index is 519. The van der Waals surface area contributed by atoms with E-state index in [1.165, 1.54) is 0 Å². The molecular weight excluding hydrogens is 222 g/mol. The van der Waals surface area contributed by atoms with E-state index in [0.29, 0.717) is 5.56 Å². The molecular formula is C12H13NO2S. The predicted molar refractivity (Wildman–Crippen MR) is 66.3 cm³/mol. The van der Waals surface area contributed by atoms with Crippen molar-refractivity contribution in [3.05, 3.63) is 30.0 Å². The number of fused-ring (bicyclic) bond motifs is 1. The third-order valence-electron chi connectivity index (χ3n) is 2.34. The summed E-state index contributed by atoms with van der Waals surface area (Å²) >= 11 is 1.70. The third kappa shape index (κ3) is 2.07. The number of hydrogen-bond acceptors (Lipinski definition) is 2. The second kappa shape index (κ2) is 4.61. The molecule has 0 fully saturated rings. The minimum absolute atomic E-state index is 0.341. The number of rotatable bonds is 4. The predicted octanol–water partition coefficient (Wildman–Crippen LogP) is 3.37. The van der Waals surface area contributed by atoms with Crippen LogP contribution in [-0.2, 0) is 0 Å². The zero-order valence-electron chi connectivity index (χ0n) is 8.99. The molecule has 0 aliphatic carbocycles. The average molecular weight is 235 g/mol. The molecule has 0 atom stereocenters. The fourth-order valence-corrected chi connectivity index (χ4v) is 2.56. The van der Waals surface area contributed by atoms with E-state index < -0.39 is 5.97 Å². The molecule has 1 aromatic heterocycles. The summed E-state index contributed by atoms with van der Waals surface area (Å²) in [7, 11) is 0. The van der Waals surface area contributed by atoms with Gasteiger partial charge in [-0.1, -0.05) is 6.92 Å². The number of aromatic amines is 1.